The van der Waals surface area contributed by atoms with Crippen molar-refractivity contribution in [1.82, 2.24) is 0 Å². The van der Waals surface area contributed by atoms with Gasteiger partial charge in [-0.15, -0.1) is 0 Å². The SMILES string of the molecule is Cc1ccc(C(C)(N)Cc2cc(F)ccc2Cl)cc1. The Morgan fingerprint density at radius 3 is 2.42 bits per heavy atom. The molecular weight excluding hydrogens is 261 g/mol. The largest absolute Gasteiger partial charge is 0.321 e. The fourth-order valence-corrected chi connectivity index (χ4v) is 2.30. The standard InChI is InChI=1S/C16H17ClFN/c1-11-3-5-13(6-4-11)16(2,19)10-12-9-14(18)7-8-15(12)17/h3-9H,10,19H2,1-2H3. The summed E-state index contributed by atoms with van der Waals surface area (Å²) in [7, 11) is 0. The zero-order valence-corrected chi connectivity index (χ0v) is 11.8. The first-order valence-corrected chi connectivity index (χ1v) is 6.56. The minimum Gasteiger partial charge on any atom is -0.321 e. The molecule has 1 atom stereocenters. The molecule has 0 spiro atoms. The number of hydrogen-bond donors (Lipinski definition) is 1. The Balaban J connectivity index is 2.30. The molecule has 2 N–H and O–H groups in total. The third-order valence-corrected chi connectivity index (χ3v) is 3.65. The molecule has 0 fully saturated rings. The van der Waals surface area contributed by atoms with Crippen molar-refractivity contribution in [3.8, 4) is 0 Å². The summed E-state index contributed by atoms with van der Waals surface area (Å²) >= 11 is 6.09. The fraction of sp³-hybridized carbons (Fsp3) is 0.250. The molecule has 0 aromatic heterocycles. The summed E-state index contributed by atoms with van der Waals surface area (Å²) in [4.78, 5) is 0. The van der Waals surface area contributed by atoms with Crippen LogP contribution >= 0.6 is 11.6 Å². The Morgan fingerprint density at radius 1 is 1.16 bits per heavy atom. The van der Waals surface area contributed by atoms with Crippen LogP contribution in [0.4, 0.5) is 4.39 Å². The molecule has 0 radical (unpaired) electrons. The number of nitrogens with two attached hydrogens (primary N) is 1. The minimum atomic E-state index is -0.578. The molecule has 0 bridgehead atoms. The van der Waals surface area contributed by atoms with E-state index in [4.69, 9.17) is 17.3 Å². The van der Waals surface area contributed by atoms with Crippen molar-refractivity contribution >= 4 is 11.6 Å². The summed E-state index contributed by atoms with van der Waals surface area (Å²) in [5.74, 6) is -0.292. The van der Waals surface area contributed by atoms with Crippen molar-refractivity contribution in [2.45, 2.75) is 25.8 Å². The van der Waals surface area contributed by atoms with E-state index in [1.165, 1.54) is 17.7 Å². The Morgan fingerprint density at radius 2 is 1.79 bits per heavy atom. The topological polar surface area (TPSA) is 26.0 Å². The third-order valence-electron chi connectivity index (χ3n) is 3.28. The molecule has 0 aliphatic carbocycles. The van der Waals surface area contributed by atoms with Crippen molar-refractivity contribution in [3.05, 3.63) is 70.0 Å². The summed E-state index contributed by atoms with van der Waals surface area (Å²) in [6, 6.07) is 12.4. The lowest BCUT2D eigenvalue weighted by Crippen LogP contribution is -2.35. The lowest BCUT2D eigenvalue weighted by atomic mass is 9.86. The first kappa shape index (κ1) is 14.0. The first-order chi connectivity index (χ1) is 8.88. The van der Waals surface area contributed by atoms with Crippen molar-refractivity contribution in [3.63, 3.8) is 0 Å². The highest BCUT2D eigenvalue weighted by Gasteiger charge is 2.23. The van der Waals surface area contributed by atoms with E-state index < -0.39 is 5.54 Å². The van der Waals surface area contributed by atoms with Crippen molar-refractivity contribution < 1.29 is 4.39 Å². The van der Waals surface area contributed by atoms with E-state index >= 15 is 0 Å². The smallest absolute Gasteiger partial charge is 0.123 e. The van der Waals surface area contributed by atoms with Gasteiger partial charge >= 0.3 is 0 Å². The van der Waals surface area contributed by atoms with E-state index in [0.717, 1.165) is 11.1 Å². The molecule has 2 aromatic rings. The summed E-state index contributed by atoms with van der Waals surface area (Å²) in [6.45, 7) is 3.96. The summed E-state index contributed by atoms with van der Waals surface area (Å²) < 4.78 is 13.3. The number of aryl methyl sites for hydroxylation is 1. The minimum absolute atomic E-state index is 0.292. The normalized spacial score (nSPS) is 14.2. The van der Waals surface area contributed by atoms with Gasteiger partial charge in [-0.25, -0.2) is 4.39 Å². The molecule has 1 nitrogen and oxygen atoms in total. The van der Waals surface area contributed by atoms with Crippen LogP contribution in [-0.2, 0) is 12.0 Å². The Labute approximate surface area is 118 Å². The molecule has 2 rings (SSSR count). The van der Waals surface area contributed by atoms with Crippen LogP contribution in [0, 0.1) is 12.7 Å². The van der Waals surface area contributed by atoms with Gasteiger partial charge in [-0.05, 0) is 49.6 Å². The quantitative estimate of drug-likeness (QED) is 0.894. The van der Waals surface area contributed by atoms with Crippen LogP contribution in [0.15, 0.2) is 42.5 Å². The molecule has 2 aromatic carbocycles. The molecule has 0 amide bonds. The zero-order chi connectivity index (χ0) is 14.0. The Bertz CT molecular complexity index is 576. The molecular formula is C16H17ClFN. The second-order valence-corrected chi connectivity index (χ2v) is 5.60. The zero-order valence-electron chi connectivity index (χ0n) is 11.1. The second kappa shape index (κ2) is 5.32. The molecule has 0 aliphatic heterocycles. The van der Waals surface area contributed by atoms with Gasteiger partial charge in [-0.1, -0.05) is 41.4 Å². The van der Waals surface area contributed by atoms with Crippen LogP contribution < -0.4 is 5.73 Å². The lowest BCUT2D eigenvalue weighted by Gasteiger charge is -2.26. The molecule has 3 heteroatoms. The average molecular weight is 278 g/mol. The summed E-state index contributed by atoms with van der Waals surface area (Å²) in [6.07, 6.45) is 0.493. The monoisotopic (exact) mass is 277 g/mol. The van der Waals surface area contributed by atoms with Gasteiger partial charge in [0, 0.05) is 10.6 Å². The number of hydrogen-bond acceptors (Lipinski definition) is 1. The molecule has 0 saturated heterocycles. The van der Waals surface area contributed by atoms with E-state index in [0.29, 0.717) is 11.4 Å². The number of rotatable bonds is 3. The molecule has 0 aliphatic rings. The van der Waals surface area contributed by atoms with Gasteiger partial charge < -0.3 is 5.73 Å². The first-order valence-electron chi connectivity index (χ1n) is 6.18. The maximum atomic E-state index is 13.3. The lowest BCUT2D eigenvalue weighted by molar-refractivity contribution is 0.489. The molecule has 19 heavy (non-hydrogen) atoms. The van der Waals surface area contributed by atoms with E-state index in [2.05, 4.69) is 0 Å². The van der Waals surface area contributed by atoms with Crippen LogP contribution in [0.5, 0.6) is 0 Å². The molecule has 100 valence electrons. The van der Waals surface area contributed by atoms with E-state index in [9.17, 15) is 4.39 Å². The maximum Gasteiger partial charge on any atom is 0.123 e. The predicted octanol–water partition coefficient (Wildman–Crippen LogP) is 4.20. The van der Waals surface area contributed by atoms with Gasteiger partial charge in [-0.3, -0.25) is 0 Å². The van der Waals surface area contributed by atoms with Crippen molar-refractivity contribution in [2.75, 3.05) is 0 Å². The molecule has 1 unspecified atom stereocenters. The van der Waals surface area contributed by atoms with Crippen LogP contribution in [0.25, 0.3) is 0 Å². The van der Waals surface area contributed by atoms with Gasteiger partial charge in [0.05, 0.1) is 0 Å². The van der Waals surface area contributed by atoms with E-state index in [-0.39, 0.29) is 5.82 Å². The van der Waals surface area contributed by atoms with Crippen molar-refractivity contribution in [1.29, 1.82) is 0 Å². The Kier molecular flexibility index (Phi) is 3.93. The predicted molar refractivity (Wildman–Crippen MR) is 77.8 cm³/mol. The van der Waals surface area contributed by atoms with Gasteiger partial charge in [0.1, 0.15) is 5.82 Å². The van der Waals surface area contributed by atoms with E-state index in [1.54, 1.807) is 6.07 Å². The van der Waals surface area contributed by atoms with E-state index in [1.807, 2.05) is 38.1 Å². The van der Waals surface area contributed by atoms with Gasteiger partial charge in [0.15, 0.2) is 0 Å². The Hall–Kier alpha value is -1.38. The highest BCUT2D eigenvalue weighted by molar-refractivity contribution is 6.31. The van der Waals surface area contributed by atoms with Crippen LogP contribution in [0.2, 0.25) is 5.02 Å². The molecule has 0 heterocycles. The fourth-order valence-electron chi connectivity index (χ4n) is 2.11. The maximum absolute atomic E-state index is 13.3. The van der Waals surface area contributed by atoms with Gasteiger partial charge in [-0.2, -0.15) is 0 Å². The second-order valence-electron chi connectivity index (χ2n) is 5.20. The van der Waals surface area contributed by atoms with Gasteiger partial charge in [0.2, 0.25) is 0 Å². The van der Waals surface area contributed by atoms with Crippen LogP contribution in [0.1, 0.15) is 23.6 Å². The number of benzene rings is 2. The molecule has 0 saturated carbocycles. The van der Waals surface area contributed by atoms with Crippen molar-refractivity contribution in [2.24, 2.45) is 5.73 Å². The highest BCUT2D eigenvalue weighted by atomic mass is 35.5. The van der Waals surface area contributed by atoms with Gasteiger partial charge in [0.25, 0.3) is 0 Å². The van der Waals surface area contributed by atoms with Crippen LogP contribution in [0.3, 0.4) is 0 Å². The summed E-state index contributed by atoms with van der Waals surface area (Å²) in [5, 5.41) is 0.546. The number of halogens is 2. The average Bonchev–Trinajstić information content (AvgIpc) is 2.34. The summed E-state index contributed by atoms with van der Waals surface area (Å²) in [5.41, 5.74) is 8.70. The highest BCUT2D eigenvalue weighted by Crippen LogP contribution is 2.27. The van der Waals surface area contributed by atoms with Crippen LogP contribution in [-0.4, -0.2) is 0 Å². The third kappa shape index (κ3) is 3.34.